The van der Waals surface area contributed by atoms with E-state index in [-0.39, 0.29) is 0 Å². The highest BCUT2D eigenvalue weighted by Crippen LogP contribution is 2.36. The van der Waals surface area contributed by atoms with E-state index in [4.69, 9.17) is 0 Å². The number of hydrogen-bond donors (Lipinski definition) is 0. The van der Waals surface area contributed by atoms with Gasteiger partial charge in [0.1, 0.15) is 0 Å². The van der Waals surface area contributed by atoms with Crippen LogP contribution in [-0.4, -0.2) is 30.8 Å². The maximum absolute atomic E-state index is 12.9. The number of esters is 2. The minimum Gasteiger partial charge on any atom is -0.451 e. The second kappa shape index (κ2) is 7.31. The highest BCUT2D eigenvalue weighted by molar-refractivity contribution is 5.83. The normalized spacial score (nSPS) is 18.1. The van der Waals surface area contributed by atoms with Crippen LogP contribution in [0, 0.1) is 5.92 Å². The van der Waals surface area contributed by atoms with Gasteiger partial charge in [-0.1, -0.05) is 25.8 Å². The van der Waals surface area contributed by atoms with Gasteiger partial charge in [0.25, 0.3) is 0 Å². The molecule has 0 amide bonds. The van der Waals surface area contributed by atoms with Gasteiger partial charge >= 0.3 is 18.1 Å². The fraction of sp³-hybridized carbons (Fsp3) is 0.692. The van der Waals surface area contributed by atoms with E-state index in [1.54, 1.807) is 0 Å². The van der Waals surface area contributed by atoms with Gasteiger partial charge in [0.2, 0.25) is 0 Å². The topological polar surface area (TPSA) is 52.6 Å². The SMILES string of the molecule is C=CC(=O)OCC(=O)OC(C1CCCCC1)C(F)(F)F. The Morgan fingerprint density at radius 1 is 1.25 bits per heavy atom. The van der Waals surface area contributed by atoms with Crippen LogP contribution in [0.2, 0.25) is 0 Å². The average Bonchev–Trinajstić information content (AvgIpc) is 2.41. The van der Waals surface area contributed by atoms with Gasteiger partial charge in [-0.2, -0.15) is 13.2 Å². The first-order valence-electron chi connectivity index (χ1n) is 6.40. The minimum absolute atomic E-state index is 0.379. The molecule has 1 aliphatic carbocycles. The van der Waals surface area contributed by atoms with Crippen LogP contribution in [0.4, 0.5) is 13.2 Å². The summed E-state index contributed by atoms with van der Waals surface area (Å²) in [7, 11) is 0. The Morgan fingerprint density at radius 2 is 1.85 bits per heavy atom. The third-order valence-electron chi connectivity index (χ3n) is 3.16. The first-order valence-corrected chi connectivity index (χ1v) is 6.40. The van der Waals surface area contributed by atoms with E-state index >= 15 is 0 Å². The molecule has 0 aromatic heterocycles. The number of halogens is 3. The fourth-order valence-corrected chi connectivity index (χ4v) is 2.23. The van der Waals surface area contributed by atoms with Gasteiger partial charge in [0, 0.05) is 12.0 Å². The summed E-state index contributed by atoms with van der Waals surface area (Å²) >= 11 is 0. The van der Waals surface area contributed by atoms with Gasteiger partial charge < -0.3 is 9.47 Å². The van der Waals surface area contributed by atoms with Crippen molar-refractivity contribution < 1.29 is 32.2 Å². The lowest BCUT2D eigenvalue weighted by Crippen LogP contribution is -2.41. The maximum atomic E-state index is 12.9. The molecule has 0 saturated heterocycles. The van der Waals surface area contributed by atoms with Crippen molar-refractivity contribution in [3.05, 3.63) is 12.7 Å². The van der Waals surface area contributed by atoms with E-state index in [1.165, 1.54) is 0 Å². The van der Waals surface area contributed by atoms with E-state index in [2.05, 4.69) is 16.1 Å². The van der Waals surface area contributed by atoms with Crippen molar-refractivity contribution in [2.45, 2.75) is 44.4 Å². The first kappa shape index (κ1) is 16.5. The van der Waals surface area contributed by atoms with Crippen molar-refractivity contribution in [3.63, 3.8) is 0 Å². The van der Waals surface area contributed by atoms with E-state index < -0.39 is 36.7 Å². The molecule has 0 radical (unpaired) electrons. The van der Waals surface area contributed by atoms with Crippen molar-refractivity contribution >= 4 is 11.9 Å². The van der Waals surface area contributed by atoms with Crippen molar-refractivity contribution in [3.8, 4) is 0 Å². The summed E-state index contributed by atoms with van der Waals surface area (Å²) in [6, 6.07) is 0. The fourth-order valence-electron chi connectivity index (χ4n) is 2.23. The van der Waals surface area contributed by atoms with E-state index in [0.29, 0.717) is 25.7 Å². The smallest absolute Gasteiger partial charge is 0.425 e. The number of carbonyl (C=O) groups excluding carboxylic acids is 2. The molecule has 0 heterocycles. The largest absolute Gasteiger partial charge is 0.451 e. The molecule has 20 heavy (non-hydrogen) atoms. The summed E-state index contributed by atoms with van der Waals surface area (Å²) in [5.41, 5.74) is 0. The summed E-state index contributed by atoms with van der Waals surface area (Å²) in [5, 5.41) is 0. The monoisotopic (exact) mass is 294 g/mol. The van der Waals surface area contributed by atoms with Gasteiger partial charge in [-0.05, 0) is 12.8 Å². The molecule has 1 saturated carbocycles. The van der Waals surface area contributed by atoms with E-state index in [9.17, 15) is 22.8 Å². The lowest BCUT2D eigenvalue weighted by Gasteiger charge is -2.31. The van der Waals surface area contributed by atoms with Crippen LogP contribution in [0.3, 0.4) is 0 Å². The Morgan fingerprint density at radius 3 is 2.35 bits per heavy atom. The zero-order valence-corrected chi connectivity index (χ0v) is 10.9. The molecule has 1 fully saturated rings. The van der Waals surface area contributed by atoms with Crippen molar-refractivity contribution in [2.75, 3.05) is 6.61 Å². The lowest BCUT2D eigenvalue weighted by molar-refractivity contribution is -0.238. The number of hydrogen-bond acceptors (Lipinski definition) is 4. The quantitative estimate of drug-likeness (QED) is 0.578. The van der Waals surface area contributed by atoms with Gasteiger partial charge in [-0.25, -0.2) is 9.59 Å². The molecular formula is C13H17F3O4. The Labute approximate surface area is 114 Å². The molecule has 0 spiro atoms. The van der Waals surface area contributed by atoms with E-state index in [0.717, 1.165) is 12.5 Å². The van der Waals surface area contributed by atoms with Crippen LogP contribution in [0.25, 0.3) is 0 Å². The zero-order valence-electron chi connectivity index (χ0n) is 10.9. The molecule has 0 bridgehead atoms. The zero-order chi connectivity index (χ0) is 15.2. The second-order valence-corrected chi connectivity index (χ2v) is 4.66. The summed E-state index contributed by atoms with van der Waals surface area (Å²) < 4.78 is 47.6. The molecule has 114 valence electrons. The molecule has 4 nitrogen and oxygen atoms in total. The Hall–Kier alpha value is -1.53. The molecule has 1 unspecified atom stereocenters. The van der Waals surface area contributed by atoms with Crippen LogP contribution in [0.15, 0.2) is 12.7 Å². The Balaban J connectivity index is 2.58. The van der Waals surface area contributed by atoms with Crippen LogP contribution < -0.4 is 0 Å². The van der Waals surface area contributed by atoms with Crippen molar-refractivity contribution in [2.24, 2.45) is 5.92 Å². The maximum Gasteiger partial charge on any atom is 0.425 e. The highest BCUT2D eigenvalue weighted by atomic mass is 19.4. The average molecular weight is 294 g/mol. The van der Waals surface area contributed by atoms with Crippen molar-refractivity contribution in [1.29, 1.82) is 0 Å². The molecule has 1 atom stereocenters. The van der Waals surface area contributed by atoms with Gasteiger partial charge in [-0.15, -0.1) is 0 Å². The van der Waals surface area contributed by atoms with Crippen LogP contribution in [0.1, 0.15) is 32.1 Å². The number of ether oxygens (including phenoxy) is 2. The van der Waals surface area contributed by atoms with Gasteiger partial charge in [-0.3, -0.25) is 0 Å². The standard InChI is InChI=1S/C13H17F3O4/c1-2-10(17)19-8-11(18)20-12(13(14,15)16)9-6-4-3-5-7-9/h2,9,12H,1,3-8H2. The number of alkyl halides is 3. The lowest BCUT2D eigenvalue weighted by atomic mass is 9.85. The number of carbonyl (C=O) groups is 2. The molecular weight excluding hydrogens is 277 g/mol. The summed E-state index contributed by atoms with van der Waals surface area (Å²) in [6.07, 6.45) is -2.88. The van der Waals surface area contributed by atoms with Crippen molar-refractivity contribution in [1.82, 2.24) is 0 Å². The summed E-state index contributed by atoms with van der Waals surface area (Å²) in [4.78, 5) is 22.1. The van der Waals surface area contributed by atoms with Gasteiger partial charge in [0.05, 0.1) is 0 Å². The third kappa shape index (κ3) is 5.22. The molecule has 0 aromatic carbocycles. The summed E-state index contributed by atoms with van der Waals surface area (Å²) in [5.74, 6) is -2.81. The first-order chi connectivity index (χ1) is 9.34. The highest BCUT2D eigenvalue weighted by Gasteiger charge is 2.47. The second-order valence-electron chi connectivity index (χ2n) is 4.66. The predicted molar refractivity (Wildman–Crippen MR) is 63.7 cm³/mol. The predicted octanol–water partition coefficient (Wildman–Crippen LogP) is 2.77. The van der Waals surface area contributed by atoms with Crippen LogP contribution >= 0.6 is 0 Å². The molecule has 0 N–H and O–H groups in total. The minimum atomic E-state index is -4.61. The Kier molecular flexibility index (Phi) is 6.04. The van der Waals surface area contributed by atoms with Crippen LogP contribution in [0.5, 0.6) is 0 Å². The molecule has 1 aliphatic rings. The molecule has 0 aliphatic heterocycles. The molecule has 7 heteroatoms. The van der Waals surface area contributed by atoms with Gasteiger partial charge in [0.15, 0.2) is 12.7 Å². The molecule has 0 aromatic rings. The third-order valence-corrected chi connectivity index (χ3v) is 3.16. The number of rotatable bonds is 5. The Bertz CT molecular complexity index is 359. The van der Waals surface area contributed by atoms with E-state index in [1.807, 2.05) is 0 Å². The molecule has 1 rings (SSSR count). The summed E-state index contributed by atoms with van der Waals surface area (Å²) in [6.45, 7) is 2.26. The van der Waals surface area contributed by atoms with Crippen LogP contribution in [-0.2, 0) is 19.1 Å².